The van der Waals surface area contributed by atoms with Gasteiger partial charge in [0.25, 0.3) is 0 Å². The van der Waals surface area contributed by atoms with Crippen molar-refractivity contribution in [3.05, 3.63) is 34.9 Å². The zero-order valence-corrected chi connectivity index (χ0v) is 9.53. The fraction of sp³-hybridized carbons (Fsp3) is 0.250. The molecule has 0 radical (unpaired) electrons. The van der Waals surface area contributed by atoms with Crippen LogP contribution in [0.3, 0.4) is 0 Å². The Kier molecular flexibility index (Phi) is 4.84. The Morgan fingerprint density at radius 3 is 2.94 bits per heavy atom. The number of benzene rings is 1. The van der Waals surface area contributed by atoms with Crippen molar-refractivity contribution in [1.29, 1.82) is 0 Å². The van der Waals surface area contributed by atoms with Gasteiger partial charge >= 0.3 is 5.97 Å². The molecule has 0 aliphatic rings. The van der Waals surface area contributed by atoms with Crippen LogP contribution in [0.15, 0.2) is 24.3 Å². The van der Waals surface area contributed by atoms with Gasteiger partial charge in [-0.05, 0) is 17.7 Å². The highest BCUT2D eigenvalue weighted by atomic mass is 35.5. The Hall–Kier alpha value is -1.50. The number of carbonyl (C=O) groups excluding carboxylic acids is 1. The fourth-order valence-corrected chi connectivity index (χ4v) is 1.41. The molecule has 1 atom stereocenters. The van der Waals surface area contributed by atoms with E-state index in [1.54, 1.807) is 24.3 Å². The van der Waals surface area contributed by atoms with Crippen molar-refractivity contribution in [2.45, 2.75) is 6.10 Å². The molecule has 3 nitrogen and oxygen atoms in total. The first-order valence-corrected chi connectivity index (χ1v) is 4.95. The predicted octanol–water partition coefficient (Wildman–Crippen LogP) is 2.20. The lowest BCUT2D eigenvalue weighted by Crippen LogP contribution is -2.17. The maximum atomic E-state index is 11.5. The number of hydrogen-bond acceptors (Lipinski definition) is 3. The monoisotopic (exact) mass is 238 g/mol. The topological polar surface area (TPSA) is 35.5 Å². The third-order valence-electron chi connectivity index (χ3n) is 1.90. The van der Waals surface area contributed by atoms with Gasteiger partial charge in [0.1, 0.15) is 6.61 Å². The first kappa shape index (κ1) is 12.6. The zero-order chi connectivity index (χ0) is 12.0. The molecule has 0 bridgehead atoms. The molecular weight excluding hydrogens is 228 g/mol. The number of rotatable bonds is 4. The van der Waals surface area contributed by atoms with Crippen LogP contribution >= 0.6 is 11.6 Å². The molecule has 1 aromatic rings. The van der Waals surface area contributed by atoms with Crippen molar-refractivity contribution in [3.63, 3.8) is 0 Å². The van der Waals surface area contributed by atoms with Crippen LogP contribution in [0.5, 0.6) is 0 Å². The molecule has 0 amide bonds. The van der Waals surface area contributed by atoms with Crippen LogP contribution in [0.4, 0.5) is 0 Å². The minimum Gasteiger partial charge on any atom is -0.467 e. The van der Waals surface area contributed by atoms with Crippen molar-refractivity contribution in [2.75, 3.05) is 13.7 Å². The summed E-state index contributed by atoms with van der Waals surface area (Å²) in [7, 11) is 1.29. The highest BCUT2D eigenvalue weighted by Crippen LogP contribution is 2.21. The van der Waals surface area contributed by atoms with Crippen LogP contribution in [0, 0.1) is 12.3 Å². The molecule has 0 aliphatic carbocycles. The van der Waals surface area contributed by atoms with Crippen LogP contribution < -0.4 is 0 Å². The molecule has 0 aromatic heterocycles. The van der Waals surface area contributed by atoms with E-state index in [1.807, 2.05) is 0 Å². The second-order valence-corrected chi connectivity index (χ2v) is 3.41. The van der Waals surface area contributed by atoms with E-state index in [2.05, 4.69) is 10.7 Å². The molecular formula is C12H11ClO3. The second kappa shape index (κ2) is 6.16. The molecule has 1 aromatic carbocycles. The van der Waals surface area contributed by atoms with Gasteiger partial charge in [-0.3, -0.25) is 0 Å². The van der Waals surface area contributed by atoms with E-state index in [-0.39, 0.29) is 6.61 Å². The molecule has 16 heavy (non-hydrogen) atoms. The van der Waals surface area contributed by atoms with Crippen LogP contribution in [0.1, 0.15) is 11.7 Å². The zero-order valence-electron chi connectivity index (χ0n) is 8.77. The van der Waals surface area contributed by atoms with E-state index >= 15 is 0 Å². The average Bonchev–Trinajstić information content (AvgIpc) is 2.29. The highest BCUT2D eigenvalue weighted by molar-refractivity contribution is 6.30. The molecule has 0 aliphatic heterocycles. The average molecular weight is 239 g/mol. The minimum atomic E-state index is -0.834. The Balaban J connectivity index is 2.92. The number of methoxy groups -OCH3 is 1. The van der Waals surface area contributed by atoms with Gasteiger partial charge in [0, 0.05) is 5.02 Å². The highest BCUT2D eigenvalue weighted by Gasteiger charge is 2.21. The maximum absolute atomic E-state index is 11.5. The Morgan fingerprint density at radius 1 is 1.62 bits per heavy atom. The normalized spacial score (nSPS) is 11.6. The predicted molar refractivity (Wildman–Crippen MR) is 61.0 cm³/mol. The van der Waals surface area contributed by atoms with Crippen molar-refractivity contribution in [1.82, 2.24) is 0 Å². The molecule has 1 unspecified atom stereocenters. The first-order valence-electron chi connectivity index (χ1n) is 4.57. The number of hydrogen-bond donors (Lipinski definition) is 0. The molecule has 4 heteroatoms. The van der Waals surface area contributed by atoms with E-state index in [9.17, 15) is 4.79 Å². The number of esters is 1. The van der Waals surface area contributed by atoms with E-state index < -0.39 is 12.1 Å². The molecule has 84 valence electrons. The molecule has 0 saturated heterocycles. The smallest absolute Gasteiger partial charge is 0.339 e. The SMILES string of the molecule is C#CCOC(C(=O)OC)c1cccc(Cl)c1. The number of ether oxygens (including phenoxy) is 2. The standard InChI is InChI=1S/C12H11ClO3/c1-3-7-16-11(12(14)15-2)9-5-4-6-10(13)8-9/h1,4-6,8,11H,7H2,2H3. The quantitative estimate of drug-likeness (QED) is 0.596. The summed E-state index contributed by atoms with van der Waals surface area (Å²) in [5, 5.41) is 0.524. The van der Waals surface area contributed by atoms with E-state index in [0.717, 1.165) is 0 Å². The Bertz CT molecular complexity index is 409. The summed E-state index contributed by atoms with van der Waals surface area (Å²) in [6, 6.07) is 6.80. The van der Waals surface area contributed by atoms with E-state index in [1.165, 1.54) is 7.11 Å². The molecule has 0 heterocycles. The lowest BCUT2D eigenvalue weighted by Gasteiger charge is -2.14. The summed E-state index contributed by atoms with van der Waals surface area (Å²) in [6.45, 7) is 0.0340. The first-order chi connectivity index (χ1) is 7.69. The van der Waals surface area contributed by atoms with Crippen LogP contribution in [0.25, 0.3) is 0 Å². The van der Waals surface area contributed by atoms with E-state index in [0.29, 0.717) is 10.6 Å². The van der Waals surface area contributed by atoms with Gasteiger partial charge in [0.05, 0.1) is 7.11 Å². The van der Waals surface area contributed by atoms with Crippen molar-refractivity contribution in [2.24, 2.45) is 0 Å². The summed E-state index contributed by atoms with van der Waals surface area (Å²) in [6.07, 6.45) is 4.24. The summed E-state index contributed by atoms with van der Waals surface area (Å²) >= 11 is 5.82. The fourth-order valence-electron chi connectivity index (χ4n) is 1.21. The van der Waals surface area contributed by atoms with Crippen LogP contribution in [-0.4, -0.2) is 19.7 Å². The number of terminal acetylenes is 1. The Labute approximate surface area is 99.3 Å². The number of halogens is 1. The summed E-state index contributed by atoms with van der Waals surface area (Å²) in [4.78, 5) is 11.5. The maximum Gasteiger partial charge on any atom is 0.339 e. The van der Waals surface area contributed by atoms with Gasteiger partial charge in [0.15, 0.2) is 6.10 Å². The third-order valence-corrected chi connectivity index (χ3v) is 2.14. The molecule has 1 rings (SSSR count). The van der Waals surface area contributed by atoms with Crippen molar-refractivity contribution < 1.29 is 14.3 Å². The number of carbonyl (C=O) groups is 1. The van der Waals surface area contributed by atoms with Gasteiger partial charge in [-0.15, -0.1) is 6.42 Å². The van der Waals surface area contributed by atoms with Gasteiger partial charge in [-0.1, -0.05) is 29.7 Å². The van der Waals surface area contributed by atoms with Gasteiger partial charge in [-0.25, -0.2) is 4.79 Å². The minimum absolute atomic E-state index is 0.0340. The lowest BCUT2D eigenvalue weighted by atomic mass is 10.1. The molecule has 0 saturated carbocycles. The third kappa shape index (κ3) is 3.27. The summed E-state index contributed by atoms with van der Waals surface area (Å²) in [5.74, 6) is 1.80. The van der Waals surface area contributed by atoms with Crippen molar-refractivity contribution >= 4 is 17.6 Å². The van der Waals surface area contributed by atoms with E-state index in [4.69, 9.17) is 22.8 Å². The van der Waals surface area contributed by atoms with Gasteiger partial charge < -0.3 is 9.47 Å². The van der Waals surface area contributed by atoms with Crippen LogP contribution in [0.2, 0.25) is 5.02 Å². The summed E-state index contributed by atoms with van der Waals surface area (Å²) in [5.41, 5.74) is 0.620. The van der Waals surface area contributed by atoms with Gasteiger partial charge in [-0.2, -0.15) is 0 Å². The summed E-state index contributed by atoms with van der Waals surface area (Å²) < 4.78 is 9.84. The van der Waals surface area contributed by atoms with Gasteiger partial charge in [0.2, 0.25) is 0 Å². The second-order valence-electron chi connectivity index (χ2n) is 2.97. The lowest BCUT2D eigenvalue weighted by molar-refractivity contribution is -0.153. The largest absolute Gasteiger partial charge is 0.467 e. The Morgan fingerprint density at radius 2 is 2.38 bits per heavy atom. The molecule has 0 spiro atoms. The van der Waals surface area contributed by atoms with Crippen molar-refractivity contribution in [3.8, 4) is 12.3 Å². The van der Waals surface area contributed by atoms with Crippen LogP contribution in [-0.2, 0) is 14.3 Å². The molecule has 0 fully saturated rings. The molecule has 0 N–H and O–H groups in total.